The quantitative estimate of drug-likeness (QED) is 0.923. The maximum Gasteiger partial charge on any atom is 0.329 e. The number of carbonyl (C=O) groups excluding carboxylic acids is 1. The Bertz CT molecular complexity index is 835. The predicted octanol–water partition coefficient (Wildman–Crippen LogP) is 3.71. The minimum atomic E-state index is -1.32. The van der Waals surface area contributed by atoms with Crippen molar-refractivity contribution in [2.24, 2.45) is 0 Å². The van der Waals surface area contributed by atoms with Gasteiger partial charge in [-0.1, -0.05) is 18.2 Å². The number of benzene rings is 2. The smallest absolute Gasteiger partial charge is 0.329 e. The van der Waals surface area contributed by atoms with Crippen LogP contribution in [0.25, 0.3) is 11.1 Å². The predicted molar refractivity (Wildman–Crippen MR) is 88.1 cm³/mol. The van der Waals surface area contributed by atoms with Crippen molar-refractivity contribution in [3.63, 3.8) is 0 Å². The third-order valence-electron chi connectivity index (χ3n) is 4.72. The van der Waals surface area contributed by atoms with E-state index < -0.39 is 29.0 Å². The highest BCUT2D eigenvalue weighted by Gasteiger charge is 2.46. The number of carboxylic acid groups (broad SMARTS) is 1. The lowest BCUT2D eigenvalue weighted by Gasteiger charge is -2.31. The minimum Gasteiger partial charge on any atom is -0.480 e. The van der Waals surface area contributed by atoms with E-state index in [1.165, 1.54) is 48.2 Å². The molecule has 0 radical (unpaired) electrons. The number of aliphatic carboxylic acids is 1. The van der Waals surface area contributed by atoms with E-state index in [-0.39, 0.29) is 12.1 Å². The summed E-state index contributed by atoms with van der Waals surface area (Å²) in [5.74, 6) is -2.85. The Hall–Kier alpha value is -2.76. The highest BCUT2D eigenvalue weighted by molar-refractivity contribution is 5.98. The molecule has 1 aliphatic heterocycles. The zero-order chi connectivity index (χ0) is 18.2. The van der Waals surface area contributed by atoms with Gasteiger partial charge in [0, 0.05) is 6.54 Å². The molecule has 1 unspecified atom stereocenters. The Morgan fingerprint density at radius 3 is 2.32 bits per heavy atom. The Morgan fingerprint density at radius 1 is 1.08 bits per heavy atom. The van der Waals surface area contributed by atoms with Crippen LogP contribution in [0.15, 0.2) is 42.5 Å². The fourth-order valence-electron chi connectivity index (χ4n) is 3.17. The second-order valence-electron chi connectivity index (χ2n) is 6.34. The molecule has 6 heteroatoms. The first-order valence-electron chi connectivity index (χ1n) is 7.94. The van der Waals surface area contributed by atoms with Crippen molar-refractivity contribution in [2.75, 3.05) is 6.54 Å². The van der Waals surface area contributed by atoms with E-state index in [9.17, 15) is 23.5 Å². The third-order valence-corrected chi connectivity index (χ3v) is 4.72. The number of carbonyl (C=O) groups is 2. The van der Waals surface area contributed by atoms with E-state index in [0.717, 1.165) is 0 Å². The number of rotatable bonds is 3. The molecule has 1 amide bonds. The molecule has 1 N–H and O–H groups in total. The van der Waals surface area contributed by atoms with Crippen molar-refractivity contribution in [2.45, 2.75) is 25.3 Å². The van der Waals surface area contributed by atoms with Gasteiger partial charge in [0.2, 0.25) is 0 Å². The van der Waals surface area contributed by atoms with E-state index in [0.29, 0.717) is 24.0 Å². The molecule has 3 rings (SSSR count). The first-order chi connectivity index (χ1) is 11.8. The van der Waals surface area contributed by atoms with Crippen LogP contribution >= 0.6 is 0 Å². The summed E-state index contributed by atoms with van der Waals surface area (Å²) in [5, 5.41) is 9.40. The van der Waals surface area contributed by atoms with Crippen molar-refractivity contribution < 1.29 is 23.5 Å². The topological polar surface area (TPSA) is 57.6 Å². The first kappa shape index (κ1) is 17.1. The molecule has 2 aromatic carbocycles. The fraction of sp³-hybridized carbons (Fsp3) is 0.263. The largest absolute Gasteiger partial charge is 0.480 e. The number of likely N-dealkylation sites (tertiary alicyclic amines) is 1. The second kappa shape index (κ2) is 6.27. The van der Waals surface area contributed by atoms with E-state index in [4.69, 9.17) is 0 Å². The van der Waals surface area contributed by atoms with E-state index in [1.807, 2.05) is 0 Å². The lowest BCUT2D eigenvalue weighted by molar-refractivity contribution is -0.147. The molecule has 0 aliphatic carbocycles. The highest BCUT2D eigenvalue weighted by Crippen LogP contribution is 2.32. The van der Waals surface area contributed by atoms with Crippen LogP contribution in [0.5, 0.6) is 0 Å². The first-order valence-corrected chi connectivity index (χ1v) is 7.94. The molecular weight excluding hydrogens is 328 g/mol. The van der Waals surface area contributed by atoms with E-state index in [1.54, 1.807) is 6.07 Å². The molecule has 0 aromatic heterocycles. The minimum absolute atomic E-state index is 0.166. The van der Waals surface area contributed by atoms with Crippen LogP contribution < -0.4 is 0 Å². The van der Waals surface area contributed by atoms with Crippen molar-refractivity contribution in [1.29, 1.82) is 0 Å². The molecule has 1 fully saturated rings. The summed E-state index contributed by atoms with van der Waals surface area (Å²) in [7, 11) is 0. The number of carboxylic acids is 1. The van der Waals surface area contributed by atoms with Crippen molar-refractivity contribution in [3.8, 4) is 11.1 Å². The van der Waals surface area contributed by atoms with E-state index in [2.05, 4.69) is 0 Å². The molecule has 130 valence electrons. The third kappa shape index (κ3) is 2.99. The van der Waals surface area contributed by atoms with Crippen LogP contribution in [0.4, 0.5) is 8.78 Å². The number of hydrogen-bond donors (Lipinski definition) is 1. The summed E-state index contributed by atoms with van der Waals surface area (Å²) in [6, 6.07) is 9.70. The number of nitrogens with zero attached hydrogens (tertiary/aromatic N) is 1. The zero-order valence-electron chi connectivity index (χ0n) is 13.6. The second-order valence-corrected chi connectivity index (χ2v) is 6.34. The van der Waals surface area contributed by atoms with Gasteiger partial charge in [-0.3, -0.25) is 4.79 Å². The van der Waals surface area contributed by atoms with Gasteiger partial charge < -0.3 is 10.0 Å². The van der Waals surface area contributed by atoms with Gasteiger partial charge in [-0.15, -0.1) is 0 Å². The van der Waals surface area contributed by atoms with Gasteiger partial charge >= 0.3 is 5.97 Å². The van der Waals surface area contributed by atoms with Gasteiger partial charge in [0.05, 0.1) is 5.56 Å². The monoisotopic (exact) mass is 345 g/mol. The van der Waals surface area contributed by atoms with Crippen LogP contribution in [-0.4, -0.2) is 34.0 Å². The number of halogens is 2. The van der Waals surface area contributed by atoms with Gasteiger partial charge in [0.15, 0.2) is 0 Å². The van der Waals surface area contributed by atoms with Crippen LogP contribution in [0.3, 0.4) is 0 Å². The molecule has 0 bridgehead atoms. The lowest BCUT2D eigenvalue weighted by atomic mass is 9.98. The van der Waals surface area contributed by atoms with Crippen LogP contribution in [0.2, 0.25) is 0 Å². The van der Waals surface area contributed by atoms with Gasteiger partial charge in [-0.05, 0) is 55.2 Å². The summed E-state index contributed by atoms with van der Waals surface area (Å²) in [6.07, 6.45) is 0.896. The van der Waals surface area contributed by atoms with Crippen LogP contribution in [0.1, 0.15) is 30.1 Å². The molecular formula is C19H17F2NO3. The van der Waals surface area contributed by atoms with Gasteiger partial charge in [-0.25, -0.2) is 13.6 Å². The van der Waals surface area contributed by atoms with Gasteiger partial charge in [0.1, 0.15) is 17.2 Å². The lowest BCUT2D eigenvalue weighted by Crippen LogP contribution is -2.50. The molecule has 1 saturated heterocycles. The molecule has 0 spiro atoms. The maximum absolute atomic E-state index is 14.5. The molecule has 25 heavy (non-hydrogen) atoms. The summed E-state index contributed by atoms with van der Waals surface area (Å²) in [6.45, 7) is 1.76. The Balaban J connectivity index is 1.92. The average molecular weight is 345 g/mol. The molecule has 1 atom stereocenters. The SMILES string of the molecule is CC1(C(=O)O)CCCN1C(=O)c1ccc(-c2ccc(F)cc2)cc1F. The molecule has 1 aliphatic rings. The van der Waals surface area contributed by atoms with Crippen LogP contribution in [-0.2, 0) is 4.79 Å². The molecule has 2 aromatic rings. The van der Waals surface area contributed by atoms with Gasteiger partial charge in [0.25, 0.3) is 5.91 Å². The number of amides is 1. The molecule has 4 nitrogen and oxygen atoms in total. The van der Waals surface area contributed by atoms with E-state index >= 15 is 0 Å². The standard InChI is InChI=1S/C19H17F2NO3/c1-19(18(24)25)9-2-10-22(19)17(23)15-8-5-13(11-16(15)21)12-3-6-14(20)7-4-12/h3-8,11H,2,9-10H2,1H3,(H,24,25). The maximum atomic E-state index is 14.5. The summed E-state index contributed by atoms with van der Waals surface area (Å²) < 4.78 is 27.5. The zero-order valence-corrected chi connectivity index (χ0v) is 13.6. The summed E-state index contributed by atoms with van der Waals surface area (Å²) in [5.41, 5.74) is -0.355. The molecule has 0 saturated carbocycles. The Kier molecular flexibility index (Phi) is 4.29. The fourth-order valence-corrected chi connectivity index (χ4v) is 3.17. The Morgan fingerprint density at radius 2 is 1.72 bits per heavy atom. The average Bonchev–Trinajstić information content (AvgIpc) is 2.98. The van der Waals surface area contributed by atoms with Crippen molar-refractivity contribution >= 4 is 11.9 Å². The summed E-state index contributed by atoms with van der Waals surface area (Å²) in [4.78, 5) is 25.4. The van der Waals surface area contributed by atoms with Crippen molar-refractivity contribution in [3.05, 3.63) is 59.7 Å². The summed E-state index contributed by atoms with van der Waals surface area (Å²) >= 11 is 0. The van der Waals surface area contributed by atoms with Crippen molar-refractivity contribution in [1.82, 2.24) is 4.90 Å². The van der Waals surface area contributed by atoms with Gasteiger partial charge in [-0.2, -0.15) is 0 Å². The molecule has 1 heterocycles. The highest BCUT2D eigenvalue weighted by atomic mass is 19.1. The normalized spacial score (nSPS) is 19.9. The van der Waals surface area contributed by atoms with Crippen LogP contribution in [0, 0.1) is 11.6 Å². The number of hydrogen-bond acceptors (Lipinski definition) is 2. The Labute approximate surface area is 143 Å².